The van der Waals surface area contributed by atoms with Crippen LogP contribution in [0.1, 0.15) is 107 Å². The number of nitrogens with zero attached hydrogens (tertiary/aromatic N) is 2. The number of nitrogens with two attached hydrogens (primary N) is 14. The van der Waals surface area contributed by atoms with Crippen molar-refractivity contribution >= 4 is 42.2 Å². The fourth-order valence-corrected chi connectivity index (χ4v) is 5.14. The van der Waals surface area contributed by atoms with Crippen LogP contribution in [0, 0.1) is 0 Å². The molecule has 28 heteroatoms. The number of hydrogen-bond acceptors (Lipinski definition) is 7. The Labute approximate surface area is 349 Å². The highest BCUT2D eigenvalue weighted by molar-refractivity contribution is 5.70. The molecule has 0 unspecified atom stereocenters. The largest absolute Gasteiger partial charge is 1.00 e. The van der Waals surface area contributed by atoms with Gasteiger partial charge in [-0.15, -0.1) is 0 Å². The minimum atomic E-state index is -0.833. The van der Waals surface area contributed by atoms with Gasteiger partial charge in [-0.3, -0.25) is 0 Å². The van der Waals surface area contributed by atoms with Crippen molar-refractivity contribution in [3.8, 4) is 0 Å². The maximum Gasteiger partial charge on any atom is 0.309 e. The third-order valence-electron chi connectivity index (χ3n) is 5.58. The summed E-state index contributed by atoms with van der Waals surface area (Å²) in [5.74, 6) is 0. The van der Waals surface area contributed by atoms with Crippen molar-refractivity contribution < 1.29 is 68.4 Å². The van der Waals surface area contributed by atoms with Crippen LogP contribution in [0.2, 0.25) is 0 Å². The zero-order chi connectivity index (χ0) is 45.4. The topological polar surface area (TPSA) is 578 Å². The number of rotatable bonds is 16. The van der Waals surface area contributed by atoms with Crippen LogP contribution in [0.25, 0.3) is 0 Å². The van der Waals surface area contributed by atoms with Gasteiger partial charge < -0.3 is 115 Å². The van der Waals surface area contributed by atoms with Crippen LogP contribution in [0.5, 0.6) is 0 Å². The average molecular weight is 885 g/mol. The molecule has 0 atom stereocenters. The molecule has 34 N–H and O–H groups in total. The average Bonchev–Trinajstić information content (AvgIpc) is 2.93. The van der Waals surface area contributed by atoms with Crippen LogP contribution in [0.15, 0.2) is 0 Å². The summed E-state index contributed by atoms with van der Waals surface area (Å²) in [4.78, 5) is 63.0. The third kappa shape index (κ3) is 190. The van der Waals surface area contributed by atoms with Crippen molar-refractivity contribution in [2.45, 2.75) is 107 Å². The molecule has 14 amide bonds. The summed E-state index contributed by atoms with van der Waals surface area (Å²) in [6.07, 6.45) is 10.7. The number of hydrogen-bond donors (Lipinski definition) is 14. The maximum absolute atomic E-state index is 9.00. The van der Waals surface area contributed by atoms with Gasteiger partial charge in [0.1, 0.15) is 0 Å². The Morgan fingerprint density at radius 2 is 0.305 bits per heavy atom. The molecule has 0 aromatic rings. The van der Waals surface area contributed by atoms with Gasteiger partial charge in [-0.2, -0.15) is 0 Å². The van der Waals surface area contributed by atoms with E-state index in [2.05, 4.69) is 136 Å². The number of carbonyl (C=O) groups excluding carboxylic acids is 7. The predicted molar refractivity (Wildman–Crippen MR) is 229 cm³/mol. The van der Waals surface area contributed by atoms with Crippen LogP contribution >= 0.6 is 0 Å². The van der Waals surface area contributed by atoms with Crippen molar-refractivity contribution in [2.75, 3.05) is 52.4 Å². The van der Waals surface area contributed by atoms with Crippen LogP contribution < -0.4 is 89.7 Å². The van der Waals surface area contributed by atoms with Gasteiger partial charge in [-0.05, 0) is 51.4 Å². The lowest BCUT2D eigenvalue weighted by molar-refractivity contribution is -0.928. The molecule has 0 saturated carbocycles. The molecule has 0 fully saturated rings. The van der Waals surface area contributed by atoms with Gasteiger partial charge >= 0.3 is 42.2 Å². The van der Waals surface area contributed by atoms with Crippen LogP contribution in [-0.4, -0.2) is 120 Å². The molecule has 0 aromatic heterocycles. The van der Waals surface area contributed by atoms with Gasteiger partial charge in [0.25, 0.3) is 0 Å². The Balaban J connectivity index is -0.0000000339. The van der Waals surface area contributed by atoms with Crippen LogP contribution in [-0.2, 0) is 0 Å². The van der Waals surface area contributed by atoms with E-state index in [-0.39, 0.29) is 25.8 Å². The Bertz CT molecular complexity index is 687. The number of halogens is 2. The van der Waals surface area contributed by atoms with E-state index in [9.17, 15) is 0 Å². The van der Waals surface area contributed by atoms with Crippen LogP contribution in [0.3, 0.4) is 0 Å². The Morgan fingerprint density at radius 1 is 0.254 bits per heavy atom. The van der Waals surface area contributed by atoms with Crippen LogP contribution in [0.4, 0.5) is 33.6 Å². The van der Waals surface area contributed by atoms with E-state index in [1.54, 1.807) is 0 Å². The maximum atomic E-state index is 9.00. The number of urea groups is 7. The molecule has 0 radical (unpaired) electrons. The van der Waals surface area contributed by atoms with E-state index in [4.69, 9.17) is 33.6 Å². The van der Waals surface area contributed by atoms with Gasteiger partial charge in [0.05, 0.1) is 52.4 Å². The monoisotopic (exact) mass is 885 g/mol. The van der Waals surface area contributed by atoms with Crippen molar-refractivity contribution in [3.63, 3.8) is 0 Å². The first kappa shape index (κ1) is 94.5. The van der Waals surface area contributed by atoms with Gasteiger partial charge in [0.15, 0.2) is 0 Å². The molecular weight excluding hydrogens is 794 g/mol. The first-order chi connectivity index (χ1) is 24.6. The smallest absolute Gasteiger partial charge is 0.309 e. The van der Waals surface area contributed by atoms with Crippen molar-refractivity contribution in [1.29, 1.82) is 0 Å². The zero-order valence-corrected chi connectivity index (χ0v) is 36.9. The molecule has 0 aliphatic heterocycles. The fourth-order valence-electron chi connectivity index (χ4n) is 5.14. The minimum Gasteiger partial charge on any atom is -1.00 e. The summed E-state index contributed by atoms with van der Waals surface area (Å²) in [5, 5.41) is 0. The summed E-state index contributed by atoms with van der Waals surface area (Å²) < 4.78 is 2.75. The lowest BCUT2D eigenvalue weighted by Gasteiger charge is -2.38. The van der Waals surface area contributed by atoms with Crippen molar-refractivity contribution in [1.82, 2.24) is 0 Å². The fraction of sp³-hybridized carbons (Fsp3) is 0.774. The molecular formula is C31H90F2N16O10. The van der Waals surface area contributed by atoms with Gasteiger partial charge in [-0.25, -0.2) is 33.6 Å². The second kappa shape index (κ2) is 73.6. The third-order valence-corrected chi connectivity index (χ3v) is 5.58. The van der Waals surface area contributed by atoms with E-state index >= 15 is 0 Å². The summed E-state index contributed by atoms with van der Waals surface area (Å²) in [5.41, 5.74) is 59.5. The molecule has 0 bridgehead atoms. The lowest BCUT2D eigenvalue weighted by atomic mass is 10.2. The van der Waals surface area contributed by atoms with Gasteiger partial charge in [0, 0.05) is 0 Å². The summed E-state index contributed by atoms with van der Waals surface area (Å²) in [6, 6.07) is -5.83. The summed E-state index contributed by atoms with van der Waals surface area (Å²) in [7, 11) is 0. The normalized spacial score (nSPS) is 8.14. The van der Waals surface area contributed by atoms with E-state index < -0.39 is 42.2 Å². The summed E-state index contributed by atoms with van der Waals surface area (Å²) in [6.45, 7) is 29.6. The number of quaternary nitrogens is 2. The van der Waals surface area contributed by atoms with Crippen molar-refractivity contribution in [2.24, 2.45) is 80.3 Å². The standard InChI is InChI=1S/2C12H28N.7CH4N2O.2FH.3H2O/c2*1-5-9-13(10-6-2,11-7-3)12-8-4;7*2-1(3)4;;;;;/h2*5-12H2,1-4H3;7*(H4,2,3,4);2*1H;3*1H2/q2*+1;;;;;;;;;;;;/p-2. The Kier molecular flexibility index (Phi) is 118. The number of carbonyl (C=O) groups is 7. The molecule has 0 spiro atoms. The summed E-state index contributed by atoms with van der Waals surface area (Å²) >= 11 is 0. The highest BCUT2D eigenvalue weighted by Gasteiger charge is 2.23. The number of primary amides is 14. The second-order valence-corrected chi connectivity index (χ2v) is 11.3. The number of amides is 14. The lowest BCUT2D eigenvalue weighted by Crippen LogP contribution is -3.00. The SMILES string of the molecule is CCC[N+](CCC)(CCC)CCC.CCC[N+](CCC)(CCC)CCC.NC(N)=O.NC(N)=O.NC(N)=O.NC(N)=O.NC(N)=O.NC(N)=O.NC(N)=O.O.O.O.[F-].[F-]. The molecule has 0 saturated heterocycles. The second-order valence-electron chi connectivity index (χ2n) is 11.3. The van der Waals surface area contributed by atoms with Gasteiger partial charge in [-0.1, -0.05) is 55.4 Å². The molecule has 0 rings (SSSR count). The van der Waals surface area contributed by atoms with E-state index in [1.807, 2.05) is 0 Å². The molecule has 0 aromatic carbocycles. The molecule has 0 heterocycles. The quantitative estimate of drug-likeness (QED) is 0.0663. The molecule has 26 nitrogen and oxygen atoms in total. The van der Waals surface area contributed by atoms with E-state index in [0.29, 0.717) is 0 Å². The molecule has 0 aliphatic carbocycles. The highest BCUT2D eigenvalue weighted by Crippen LogP contribution is 2.13. The van der Waals surface area contributed by atoms with Gasteiger partial charge in [0.2, 0.25) is 0 Å². The predicted octanol–water partition coefficient (Wildman–Crippen LogP) is -8.41. The Morgan fingerprint density at radius 3 is 0.339 bits per heavy atom. The first-order valence-corrected chi connectivity index (χ1v) is 17.7. The first-order valence-electron chi connectivity index (χ1n) is 17.7. The van der Waals surface area contributed by atoms with Crippen molar-refractivity contribution in [3.05, 3.63) is 0 Å². The van der Waals surface area contributed by atoms with E-state index in [1.165, 1.54) is 113 Å². The Hall–Kier alpha value is -5.45. The molecule has 59 heavy (non-hydrogen) atoms. The van der Waals surface area contributed by atoms with E-state index in [0.717, 1.165) is 0 Å². The molecule has 368 valence electrons. The zero-order valence-electron chi connectivity index (χ0n) is 36.9. The highest BCUT2D eigenvalue weighted by atomic mass is 19.0. The molecule has 0 aliphatic rings. The minimum absolute atomic E-state index is 0.